The number of aliphatic hydroxyl groups excluding tert-OH is 2. The van der Waals surface area contributed by atoms with Gasteiger partial charge in [-0.3, -0.25) is 4.79 Å². The molecule has 2 N–H and O–H groups in total. The molecule has 1 rings (SSSR count). The second kappa shape index (κ2) is 6.80. The molecule has 0 aliphatic heterocycles. The highest BCUT2D eigenvalue weighted by molar-refractivity contribution is 5.95. The van der Waals surface area contributed by atoms with Crippen LogP contribution in [0.2, 0.25) is 0 Å². The molecular formula is C14H17NO3. The molecule has 0 atom stereocenters. The molecule has 0 aliphatic carbocycles. The smallest absolute Gasteiger partial charge is 0.253 e. The summed E-state index contributed by atoms with van der Waals surface area (Å²) in [5, 5.41) is 17.5. The van der Waals surface area contributed by atoms with Crippen LogP contribution < -0.4 is 0 Å². The molecule has 1 aromatic carbocycles. The number of nitrogens with zero attached hydrogens (tertiary/aromatic N) is 1. The van der Waals surface area contributed by atoms with E-state index < -0.39 is 0 Å². The van der Waals surface area contributed by atoms with Gasteiger partial charge in [0.2, 0.25) is 0 Å². The first-order valence-corrected chi connectivity index (χ1v) is 5.67. The summed E-state index contributed by atoms with van der Waals surface area (Å²) in [4.78, 5) is 13.6. The zero-order chi connectivity index (χ0) is 13.5. The van der Waals surface area contributed by atoms with Crippen molar-refractivity contribution in [3.63, 3.8) is 0 Å². The maximum absolute atomic E-state index is 12.1. The first kappa shape index (κ1) is 14.2. The van der Waals surface area contributed by atoms with Crippen LogP contribution in [0, 0.1) is 18.8 Å². The molecule has 0 saturated carbocycles. The van der Waals surface area contributed by atoms with Crippen LogP contribution in [0.15, 0.2) is 18.2 Å². The molecule has 0 radical (unpaired) electrons. The summed E-state index contributed by atoms with van der Waals surface area (Å²) in [6, 6.07) is 5.33. The van der Waals surface area contributed by atoms with Crippen molar-refractivity contribution in [1.29, 1.82) is 0 Å². The van der Waals surface area contributed by atoms with Crippen LogP contribution in [0.25, 0.3) is 0 Å². The number of carbonyl (C=O) groups excluding carboxylic acids is 1. The second-order valence-corrected chi connectivity index (χ2v) is 3.94. The summed E-state index contributed by atoms with van der Waals surface area (Å²) in [6.07, 6.45) is 0. The third-order valence-electron chi connectivity index (χ3n) is 2.56. The summed E-state index contributed by atoms with van der Waals surface area (Å²) in [6.45, 7) is 1.88. The topological polar surface area (TPSA) is 60.8 Å². The molecule has 0 saturated heterocycles. The van der Waals surface area contributed by atoms with E-state index in [1.54, 1.807) is 19.2 Å². The lowest BCUT2D eigenvalue weighted by Crippen LogP contribution is -2.30. The van der Waals surface area contributed by atoms with Crippen LogP contribution in [0.1, 0.15) is 21.5 Å². The van der Waals surface area contributed by atoms with Crippen LogP contribution in [0.3, 0.4) is 0 Å². The van der Waals surface area contributed by atoms with E-state index in [2.05, 4.69) is 11.8 Å². The van der Waals surface area contributed by atoms with E-state index in [9.17, 15) is 4.79 Å². The Balaban J connectivity index is 3.03. The van der Waals surface area contributed by atoms with Gasteiger partial charge in [0, 0.05) is 24.7 Å². The van der Waals surface area contributed by atoms with Crippen molar-refractivity contribution in [2.75, 3.05) is 26.8 Å². The predicted octanol–water partition coefficient (Wildman–Crippen LogP) is 0.403. The van der Waals surface area contributed by atoms with Gasteiger partial charge in [-0.25, -0.2) is 0 Å². The minimum atomic E-state index is -0.207. The highest BCUT2D eigenvalue weighted by Gasteiger charge is 2.13. The molecule has 96 valence electrons. The minimum absolute atomic E-state index is 0.0642. The van der Waals surface area contributed by atoms with Crippen molar-refractivity contribution in [2.24, 2.45) is 0 Å². The maximum atomic E-state index is 12.1. The molecular weight excluding hydrogens is 230 g/mol. The van der Waals surface area contributed by atoms with E-state index in [1.165, 1.54) is 4.90 Å². The third kappa shape index (κ3) is 3.59. The molecule has 4 nitrogen and oxygen atoms in total. The lowest BCUT2D eigenvalue weighted by atomic mass is 10.0. The number of aliphatic hydroxyl groups is 2. The van der Waals surface area contributed by atoms with Gasteiger partial charge in [-0.2, -0.15) is 0 Å². The Morgan fingerprint density at radius 1 is 1.39 bits per heavy atom. The first-order valence-electron chi connectivity index (χ1n) is 5.67. The molecule has 0 spiro atoms. The van der Waals surface area contributed by atoms with Crippen LogP contribution in [-0.4, -0.2) is 47.8 Å². The van der Waals surface area contributed by atoms with E-state index in [0.717, 1.165) is 5.56 Å². The van der Waals surface area contributed by atoms with E-state index in [-0.39, 0.29) is 19.1 Å². The molecule has 1 amide bonds. The van der Waals surface area contributed by atoms with E-state index >= 15 is 0 Å². The van der Waals surface area contributed by atoms with Gasteiger partial charge in [0.1, 0.15) is 6.61 Å². The summed E-state index contributed by atoms with van der Waals surface area (Å²) >= 11 is 0. The molecule has 1 aromatic rings. The Bertz CT molecular complexity index is 486. The van der Waals surface area contributed by atoms with Gasteiger partial charge in [-0.1, -0.05) is 17.9 Å². The molecule has 0 fully saturated rings. The first-order chi connectivity index (χ1) is 8.60. The zero-order valence-corrected chi connectivity index (χ0v) is 10.6. The third-order valence-corrected chi connectivity index (χ3v) is 2.56. The fourth-order valence-electron chi connectivity index (χ4n) is 1.53. The standard InChI is InChI=1S/C14H17NO3/c1-11-5-6-12(4-3-8-16)10-13(11)14(18)15(2)7-9-17/h5-6,10,16-17H,7-9H2,1-2H3. The lowest BCUT2D eigenvalue weighted by molar-refractivity contribution is 0.0766. The fourth-order valence-corrected chi connectivity index (χ4v) is 1.53. The predicted molar refractivity (Wildman–Crippen MR) is 69.2 cm³/mol. The normalized spacial score (nSPS) is 9.56. The molecule has 0 aromatic heterocycles. The molecule has 0 aliphatic rings. The van der Waals surface area contributed by atoms with Crippen LogP contribution in [-0.2, 0) is 0 Å². The largest absolute Gasteiger partial charge is 0.395 e. The van der Waals surface area contributed by atoms with Crippen LogP contribution >= 0.6 is 0 Å². The second-order valence-electron chi connectivity index (χ2n) is 3.94. The Kier molecular flexibility index (Phi) is 5.37. The molecule has 0 heterocycles. The number of carbonyl (C=O) groups is 1. The Morgan fingerprint density at radius 3 is 2.72 bits per heavy atom. The van der Waals surface area contributed by atoms with Gasteiger partial charge < -0.3 is 15.1 Å². The summed E-state index contributed by atoms with van der Waals surface area (Å²) in [5.74, 6) is 5.17. The van der Waals surface area contributed by atoms with Crippen LogP contribution in [0.5, 0.6) is 0 Å². The van der Waals surface area contributed by atoms with Crippen molar-refractivity contribution in [1.82, 2.24) is 4.90 Å². The van der Waals surface area contributed by atoms with Crippen LogP contribution in [0.4, 0.5) is 0 Å². The number of amides is 1. The quantitative estimate of drug-likeness (QED) is 0.760. The van der Waals surface area contributed by atoms with Gasteiger partial charge in [0.25, 0.3) is 5.91 Å². The van der Waals surface area contributed by atoms with E-state index in [1.807, 2.05) is 13.0 Å². The highest BCUT2D eigenvalue weighted by Crippen LogP contribution is 2.12. The average Bonchev–Trinajstić information content (AvgIpc) is 2.37. The van der Waals surface area contributed by atoms with Crippen molar-refractivity contribution in [3.8, 4) is 11.8 Å². The fraction of sp³-hybridized carbons (Fsp3) is 0.357. The highest BCUT2D eigenvalue weighted by atomic mass is 16.3. The van der Waals surface area contributed by atoms with Gasteiger partial charge in [0.15, 0.2) is 0 Å². The number of hydrogen-bond acceptors (Lipinski definition) is 3. The van der Waals surface area contributed by atoms with Gasteiger partial charge >= 0.3 is 0 Å². The Labute approximate surface area is 107 Å². The number of hydrogen-bond donors (Lipinski definition) is 2. The van der Waals surface area contributed by atoms with Crippen molar-refractivity contribution in [2.45, 2.75) is 6.92 Å². The monoisotopic (exact) mass is 247 g/mol. The molecule has 0 bridgehead atoms. The SMILES string of the molecule is Cc1ccc(C#CCO)cc1C(=O)N(C)CCO. The van der Waals surface area contributed by atoms with Gasteiger partial charge in [0.05, 0.1) is 6.61 Å². The van der Waals surface area contributed by atoms with Gasteiger partial charge in [-0.05, 0) is 24.6 Å². The number of rotatable bonds is 3. The summed E-state index contributed by atoms with van der Waals surface area (Å²) in [5.41, 5.74) is 2.12. The van der Waals surface area contributed by atoms with Gasteiger partial charge in [-0.15, -0.1) is 0 Å². The average molecular weight is 247 g/mol. The van der Waals surface area contributed by atoms with E-state index in [4.69, 9.17) is 10.2 Å². The van der Waals surface area contributed by atoms with Crippen molar-refractivity contribution < 1.29 is 15.0 Å². The number of benzene rings is 1. The lowest BCUT2D eigenvalue weighted by Gasteiger charge is -2.17. The van der Waals surface area contributed by atoms with Crippen molar-refractivity contribution in [3.05, 3.63) is 34.9 Å². The Hall–Kier alpha value is -1.83. The van der Waals surface area contributed by atoms with E-state index in [0.29, 0.717) is 17.7 Å². The zero-order valence-electron chi connectivity index (χ0n) is 10.6. The molecule has 18 heavy (non-hydrogen) atoms. The Morgan fingerprint density at radius 2 is 2.11 bits per heavy atom. The number of aryl methyl sites for hydroxylation is 1. The molecule has 4 heteroatoms. The maximum Gasteiger partial charge on any atom is 0.253 e. The summed E-state index contributed by atoms with van der Waals surface area (Å²) < 4.78 is 0. The minimum Gasteiger partial charge on any atom is -0.395 e. The number of likely N-dealkylation sites (N-methyl/N-ethyl adjacent to an activating group) is 1. The van der Waals surface area contributed by atoms with Crippen molar-refractivity contribution >= 4 is 5.91 Å². The summed E-state index contributed by atoms with van der Waals surface area (Å²) in [7, 11) is 1.64. The molecule has 0 unspecified atom stereocenters.